The Labute approximate surface area is 198 Å². The number of aromatic nitrogens is 2. The van der Waals surface area contributed by atoms with Crippen LogP contribution in [0.2, 0.25) is 5.02 Å². The first-order valence-electron chi connectivity index (χ1n) is 10.7. The minimum Gasteiger partial charge on any atom is -0.464 e. The molecule has 0 bridgehead atoms. The molecule has 0 radical (unpaired) electrons. The lowest BCUT2D eigenvalue weighted by Gasteiger charge is -2.11. The third-order valence-electron chi connectivity index (χ3n) is 5.10. The zero-order valence-corrected chi connectivity index (χ0v) is 20.0. The van der Waals surface area contributed by atoms with Crippen LogP contribution in [-0.4, -0.2) is 42.3 Å². The lowest BCUT2D eigenvalue weighted by molar-refractivity contribution is -0.116. The molecule has 2 heterocycles. The van der Waals surface area contributed by atoms with Crippen molar-refractivity contribution in [3.8, 4) is 0 Å². The lowest BCUT2D eigenvalue weighted by atomic mass is 10.1. The predicted octanol–water partition coefficient (Wildman–Crippen LogP) is 4.72. The molecular formula is C24H29ClN4O4. The highest BCUT2D eigenvalue weighted by Crippen LogP contribution is 2.33. The van der Waals surface area contributed by atoms with E-state index >= 15 is 0 Å². The monoisotopic (exact) mass is 472 g/mol. The summed E-state index contributed by atoms with van der Waals surface area (Å²) in [5, 5.41) is 7.53. The minimum absolute atomic E-state index is 0.166. The van der Waals surface area contributed by atoms with E-state index in [1.54, 1.807) is 17.9 Å². The highest BCUT2D eigenvalue weighted by atomic mass is 35.5. The van der Waals surface area contributed by atoms with Crippen LogP contribution >= 0.6 is 11.6 Å². The van der Waals surface area contributed by atoms with Gasteiger partial charge in [-0.15, -0.1) is 0 Å². The fourth-order valence-electron chi connectivity index (χ4n) is 3.56. The molecule has 1 aromatic carbocycles. The number of halogens is 1. The summed E-state index contributed by atoms with van der Waals surface area (Å²) in [5.41, 5.74) is 2.83. The van der Waals surface area contributed by atoms with E-state index in [2.05, 4.69) is 15.6 Å². The van der Waals surface area contributed by atoms with Gasteiger partial charge < -0.3 is 24.7 Å². The average Bonchev–Trinajstić information content (AvgIpc) is 3.08. The van der Waals surface area contributed by atoms with Crippen LogP contribution in [0.4, 0.5) is 11.4 Å². The van der Waals surface area contributed by atoms with E-state index in [-0.39, 0.29) is 17.5 Å². The third kappa shape index (κ3) is 5.83. The maximum absolute atomic E-state index is 12.7. The molecule has 3 rings (SSSR count). The van der Waals surface area contributed by atoms with Gasteiger partial charge in [-0.05, 0) is 23.6 Å². The van der Waals surface area contributed by atoms with Crippen molar-refractivity contribution in [2.45, 2.75) is 33.4 Å². The summed E-state index contributed by atoms with van der Waals surface area (Å²) in [6.45, 7) is 5.15. The van der Waals surface area contributed by atoms with Crippen molar-refractivity contribution in [3.63, 3.8) is 0 Å². The number of benzene rings is 1. The maximum Gasteiger partial charge on any atom is 0.356 e. The summed E-state index contributed by atoms with van der Waals surface area (Å²) < 4.78 is 12.0. The summed E-state index contributed by atoms with van der Waals surface area (Å²) in [6.07, 6.45) is 2.01. The van der Waals surface area contributed by atoms with Crippen LogP contribution in [0.15, 0.2) is 36.5 Å². The molecule has 8 nitrogen and oxygen atoms in total. The maximum atomic E-state index is 12.7. The van der Waals surface area contributed by atoms with E-state index in [9.17, 15) is 9.59 Å². The number of carbonyl (C=O) groups excluding carboxylic acids is 2. The number of ether oxygens (including phenoxy) is 2. The molecule has 2 N–H and O–H groups in total. The molecule has 0 spiro atoms. The average molecular weight is 473 g/mol. The van der Waals surface area contributed by atoms with Crippen molar-refractivity contribution in [1.82, 2.24) is 9.55 Å². The second-order valence-electron chi connectivity index (χ2n) is 8.05. The molecular weight excluding hydrogens is 444 g/mol. The quantitative estimate of drug-likeness (QED) is 0.414. The van der Waals surface area contributed by atoms with Crippen molar-refractivity contribution in [2.75, 3.05) is 31.5 Å². The first-order valence-corrected chi connectivity index (χ1v) is 11.1. The number of fused-ring (bicyclic) bond motifs is 1. The third-order valence-corrected chi connectivity index (χ3v) is 5.46. The van der Waals surface area contributed by atoms with Crippen LogP contribution in [-0.2, 0) is 27.4 Å². The molecule has 0 saturated heterocycles. The van der Waals surface area contributed by atoms with E-state index in [0.29, 0.717) is 47.9 Å². The van der Waals surface area contributed by atoms with E-state index in [1.165, 1.54) is 7.11 Å². The largest absolute Gasteiger partial charge is 0.464 e. The number of pyridine rings is 1. The van der Waals surface area contributed by atoms with Gasteiger partial charge in [0.2, 0.25) is 5.91 Å². The van der Waals surface area contributed by atoms with Gasteiger partial charge in [-0.25, -0.2) is 9.78 Å². The molecule has 0 fully saturated rings. The van der Waals surface area contributed by atoms with Gasteiger partial charge in [0.05, 0.1) is 31.3 Å². The molecule has 176 valence electrons. The zero-order valence-electron chi connectivity index (χ0n) is 19.3. The summed E-state index contributed by atoms with van der Waals surface area (Å²) in [5.74, 6) is -0.579. The van der Waals surface area contributed by atoms with Gasteiger partial charge in [0.15, 0.2) is 5.69 Å². The standard InChI is InChI=1S/C24H29ClN4O4/c1-15(2)11-20(30)28-21-18-12-17(26-13-16-7-5-6-8-19(16)25)14-27-23(18)29(9-10-32-3)22(21)24(31)33-4/h5-8,12,14-15,26H,9-11,13H2,1-4H3,(H,28,30). The Kier molecular flexibility index (Phi) is 8.30. The summed E-state index contributed by atoms with van der Waals surface area (Å²) in [6, 6.07) is 9.43. The van der Waals surface area contributed by atoms with Gasteiger partial charge in [-0.1, -0.05) is 43.6 Å². The number of nitrogens with one attached hydrogen (secondary N) is 2. The fourth-order valence-corrected chi connectivity index (χ4v) is 3.76. The molecule has 2 aromatic heterocycles. The van der Waals surface area contributed by atoms with E-state index < -0.39 is 5.97 Å². The number of anilines is 2. The van der Waals surface area contributed by atoms with Crippen molar-refractivity contribution < 1.29 is 19.1 Å². The first kappa shape index (κ1) is 24.5. The van der Waals surface area contributed by atoms with E-state index in [4.69, 9.17) is 21.1 Å². The smallest absolute Gasteiger partial charge is 0.356 e. The first-order chi connectivity index (χ1) is 15.8. The zero-order chi connectivity index (χ0) is 24.0. The molecule has 9 heteroatoms. The van der Waals surface area contributed by atoms with Gasteiger partial charge in [-0.3, -0.25) is 4.79 Å². The highest BCUT2D eigenvalue weighted by Gasteiger charge is 2.26. The predicted molar refractivity (Wildman–Crippen MR) is 130 cm³/mol. The SMILES string of the molecule is COCCn1c(C(=O)OC)c(NC(=O)CC(C)C)c2cc(NCc3ccccc3Cl)cnc21. The number of rotatable bonds is 10. The van der Waals surface area contributed by atoms with Gasteiger partial charge in [0.1, 0.15) is 5.65 Å². The molecule has 0 aliphatic heterocycles. The van der Waals surface area contributed by atoms with Crippen LogP contribution in [0.1, 0.15) is 36.3 Å². The van der Waals surface area contributed by atoms with Crippen LogP contribution in [0.25, 0.3) is 11.0 Å². The Morgan fingerprint density at radius 2 is 1.97 bits per heavy atom. The van der Waals surface area contributed by atoms with E-state index in [0.717, 1.165) is 11.3 Å². The van der Waals surface area contributed by atoms with Crippen LogP contribution in [0.5, 0.6) is 0 Å². The van der Waals surface area contributed by atoms with Crippen molar-refractivity contribution >= 4 is 45.9 Å². The number of nitrogens with zero attached hydrogens (tertiary/aromatic N) is 2. The molecule has 0 unspecified atom stereocenters. The van der Waals surface area contributed by atoms with E-state index in [1.807, 2.05) is 44.2 Å². The normalized spacial score (nSPS) is 11.1. The van der Waals surface area contributed by atoms with Gasteiger partial charge in [0, 0.05) is 37.0 Å². The van der Waals surface area contributed by atoms with Crippen LogP contribution in [0, 0.1) is 5.92 Å². The molecule has 0 aliphatic carbocycles. The number of carbonyl (C=O) groups is 2. The van der Waals surface area contributed by atoms with Gasteiger partial charge in [0.25, 0.3) is 0 Å². The second kappa shape index (κ2) is 11.2. The fraction of sp³-hybridized carbons (Fsp3) is 0.375. The number of amides is 1. The molecule has 33 heavy (non-hydrogen) atoms. The van der Waals surface area contributed by atoms with Crippen molar-refractivity contribution in [2.24, 2.45) is 5.92 Å². The topological polar surface area (TPSA) is 94.5 Å². The molecule has 0 aliphatic rings. The summed E-state index contributed by atoms with van der Waals surface area (Å²) in [4.78, 5) is 30.0. The summed E-state index contributed by atoms with van der Waals surface area (Å²) in [7, 11) is 2.89. The van der Waals surface area contributed by atoms with Crippen LogP contribution < -0.4 is 10.6 Å². The number of methoxy groups -OCH3 is 2. The van der Waals surface area contributed by atoms with Gasteiger partial charge >= 0.3 is 5.97 Å². The van der Waals surface area contributed by atoms with Crippen LogP contribution in [0.3, 0.4) is 0 Å². The Bertz CT molecular complexity index is 1140. The summed E-state index contributed by atoms with van der Waals surface area (Å²) >= 11 is 6.26. The lowest BCUT2D eigenvalue weighted by Crippen LogP contribution is -2.19. The Hall–Kier alpha value is -3.10. The molecule has 0 atom stereocenters. The van der Waals surface area contributed by atoms with Crippen molar-refractivity contribution in [3.05, 3.63) is 52.8 Å². The Balaban J connectivity index is 2.06. The molecule has 0 saturated carbocycles. The number of hydrogen-bond acceptors (Lipinski definition) is 6. The minimum atomic E-state index is -0.561. The highest BCUT2D eigenvalue weighted by molar-refractivity contribution is 6.31. The molecule has 3 aromatic rings. The number of hydrogen-bond donors (Lipinski definition) is 2. The van der Waals surface area contributed by atoms with Gasteiger partial charge in [-0.2, -0.15) is 0 Å². The Morgan fingerprint density at radius 3 is 2.64 bits per heavy atom. The second-order valence-corrected chi connectivity index (χ2v) is 8.45. The van der Waals surface area contributed by atoms with Crippen molar-refractivity contribution in [1.29, 1.82) is 0 Å². The Morgan fingerprint density at radius 1 is 1.21 bits per heavy atom. The number of esters is 1. The molecule has 1 amide bonds.